The van der Waals surface area contributed by atoms with E-state index < -0.39 is 41.9 Å². The number of imidazole rings is 1. The number of likely N-dealkylation sites (tertiary alicyclic amines) is 1. The molecule has 0 spiro atoms. The van der Waals surface area contributed by atoms with E-state index >= 15 is 0 Å². The maximum Gasteiger partial charge on any atom is 0.289 e. The van der Waals surface area contributed by atoms with E-state index in [4.69, 9.17) is 0 Å². The van der Waals surface area contributed by atoms with Crippen LogP contribution in [0.4, 0.5) is 22.0 Å². The summed E-state index contributed by atoms with van der Waals surface area (Å²) in [7, 11) is 0. The van der Waals surface area contributed by atoms with Crippen molar-refractivity contribution in [3.8, 4) is 11.4 Å². The molecule has 13 heteroatoms. The molecular weight excluding hydrogens is 487 g/mol. The summed E-state index contributed by atoms with van der Waals surface area (Å²) in [5, 5.41) is 14.0. The zero-order valence-electron chi connectivity index (χ0n) is 19.2. The second-order valence-electron chi connectivity index (χ2n) is 9.35. The number of pyridine rings is 2. The average Bonchev–Trinajstić information content (AvgIpc) is 3.38. The number of rotatable bonds is 4. The number of nitrogens with zero attached hydrogens (tertiary/aromatic N) is 6. The Labute approximate surface area is 201 Å². The SMILES string of the molecule is CC1(C)CC(O)CCN1C(=O)c1cc2c(cn1)c(-c1cnc3c(F)cc(F)cn13)nn2C(F)C(F)F. The first-order chi connectivity index (χ1) is 17.0. The van der Waals surface area contributed by atoms with Crippen LogP contribution in [0.15, 0.2) is 30.7 Å². The fourth-order valence-electron chi connectivity index (χ4n) is 4.71. The van der Waals surface area contributed by atoms with Crippen LogP contribution in [0, 0.1) is 11.6 Å². The second-order valence-corrected chi connectivity index (χ2v) is 9.35. The average molecular weight is 508 g/mol. The van der Waals surface area contributed by atoms with E-state index in [-0.39, 0.29) is 40.2 Å². The summed E-state index contributed by atoms with van der Waals surface area (Å²) in [5.41, 5.74) is -1.31. The number of aromatic nitrogens is 5. The molecule has 5 heterocycles. The first-order valence-corrected chi connectivity index (χ1v) is 11.1. The Hall–Kier alpha value is -3.61. The highest BCUT2D eigenvalue weighted by Crippen LogP contribution is 2.34. The molecule has 2 atom stereocenters. The van der Waals surface area contributed by atoms with Gasteiger partial charge in [-0.3, -0.25) is 14.2 Å². The molecule has 1 amide bonds. The maximum atomic E-state index is 14.6. The molecule has 8 nitrogen and oxygen atoms in total. The lowest BCUT2D eigenvalue weighted by Gasteiger charge is -2.44. The molecule has 0 bridgehead atoms. The highest BCUT2D eigenvalue weighted by Gasteiger charge is 2.38. The zero-order chi connectivity index (χ0) is 25.9. The largest absolute Gasteiger partial charge is 0.393 e. The number of aliphatic hydroxyl groups is 1. The molecule has 1 N–H and O–H groups in total. The molecule has 2 unspecified atom stereocenters. The van der Waals surface area contributed by atoms with Crippen molar-refractivity contribution in [3.63, 3.8) is 0 Å². The van der Waals surface area contributed by atoms with Gasteiger partial charge in [0, 0.05) is 35.9 Å². The number of halogens is 5. The standard InChI is InChI=1S/C23H21F5N6O2/c1-23(2)7-12(35)3-4-33(23)22(36)15-6-16-13(8-29-15)18(31-34(16)20(28)19(26)27)17-9-30-21-14(25)5-11(24)10-32(17)21/h5-6,8-10,12,19-20,35H,3-4,7H2,1-2H3. The lowest BCUT2D eigenvalue weighted by molar-refractivity contribution is 0.00282. The van der Waals surface area contributed by atoms with Crippen LogP contribution in [-0.4, -0.2) is 64.7 Å². The molecule has 1 aliphatic rings. The van der Waals surface area contributed by atoms with Crippen LogP contribution in [0.1, 0.15) is 43.5 Å². The molecule has 4 aromatic rings. The Morgan fingerprint density at radius 2 is 1.92 bits per heavy atom. The Kier molecular flexibility index (Phi) is 5.69. The van der Waals surface area contributed by atoms with Gasteiger partial charge in [-0.15, -0.1) is 0 Å². The molecule has 190 valence electrons. The van der Waals surface area contributed by atoms with Crippen LogP contribution in [0.2, 0.25) is 0 Å². The first kappa shape index (κ1) is 24.1. The van der Waals surface area contributed by atoms with Crippen molar-refractivity contribution < 1.29 is 31.9 Å². The third-order valence-corrected chi connectivity index (χ3v) is 6.42. The normalized spacial score (nSPS) is 18.9. The predicted molar refractivity (Wildman–Crippen MR) is 118 cm³/mol. The van der Waals surface area contributed by atoms with Crippen molar-refractivity contribution in [2.24, 2.45) is 0 Å². The third kappa shape index (κ3) is 3.87. The molecule has 4 aromatic heterocycles. The monoisotopic (exact) mass is 508 g/mol. The van der Waals surface area contributed by atoms with Gasteiger partial charge in [0.15, 0.2) is 11.5 Å². The molecule has 0 saturated carbocycles. The first-order valence-electron chi connectivity index (χ1n) is 11.1. The number of hydrogen-bond donors (Lipinski definition) is 1. The number of alkyl halides is 3. The van der Waals surface area contributed by atoms with Crippen molar-refractivity contribution in [3.05, 3.63) is 48.1 Å². The number of piperidine rings is 1. The van der Waals surface area contributed by atoms with Gasteiger partial charge < -0.3 is 10.0 Å². The van der Waals surface area contributed by atoms with Gasteiger partial charge in [0.1, 0.15) is 17.2 Å². The van der Waals surface area contributed by atoms with Crippen molar-refractivity contribution >= 4 is 22.5 Å². The molecule has 0 aromatic carbocycles. The number of carbonyl (C=O) groups is 1. The van der Waals surface area contributed by atoms with Crippen molar-refractivity contribution in [2.75, 3.05) is 6.54 Å². The zero-order valence-corrected chi connectivity index (χ0v) is 19.2. The number of aliphatic hydroxyl groups excluding tert-OH is 1. The Morgan fingerprint density at radius 3 is 2.61 bits per heavy atom. The van der Waals surface area contributed by atoms with Gasteiger partial charge in [0.05, 0.1) is 23.5 Å². The number of amides is 1. The highest BCUT2D eigenvalue weighted by atomic mass is 19.3. The van der Waals surface area contributed by atoms with Crippen molar-refractivity contribution in [1.82, 2.24) is 29.0 Å². The smallest absolute Gasteiger partial charge is 0.289 e. The fourth-order valence-corrected chi connectivity index (χ4v) is 4.71. The maximum absolute atomic E-state index is 14.6. The van der Waals surface area contributed by atoms with E-state index in [1.54, 1.807) is 13.8 Å². The Bertz CT molecular complexity index is 1480. The molecule has 36 heavy (non-hydrogen) atoms. The topological polar surface area (TPSA) is 88.5 Å². The van der Waals surface area contributed by atoms with Crippen molar-refractivity contribution in [1.29, 1.82) is 0 Å². The molecule has 0 radical (unpaired) electrons. The number of carbonyl (C=O) groups excluding carboxylic acids is 1. The van der Waals surface area contributed by atoms with Gasteiger partial charge in [-0.05, 0) is 32.8 Å². The van der Waals surface area contributed by atoms with Crippen LogP contribution in [0.3, 0.4) is 0 Å². The molecule has 0 aliphatic carbocycles. The van der Waals surface area contributed by atoms with E-state index in [2.05, 4.69) is 15.1 Å². The minimum absolute atomic E-state index is 0.0145. The Morgan fingerprint density at radius 1 is 1.17 bits per heavy atom. The molecule has 5 rings (SSSR count). The molecule has 1 fully saturated rings. The molecular formula is C23H21F5N6O2. The van der Waals surface area contributed by atoms with Gasteiger partial charge in [-0.2, -0.15) is 5.10 Å². The van der Waals surface area contributed by atoms with Crippen LogP contribution >= 0.6 is 0 Å². The number of hydrogen-bond acceptors (Lipinski definition) is 5. The summed E-state index contributed by atoms with van der Waals surface area (Å²) in [6.45, 7) is 3.82. The summed E-state index contributed by atoms with van der Waals surface area (Å²) in [4.78, 5) is 22.9. The van der Waals surface area contributed by atoms with Gasteiger partial charge in [0.25, 0.3) is 18.6 Å². The van der Waals surface area contributed by atoms with Gasteiger partial charge in [-0.1, -0.05) is 0 Å². The van der Waals surface area contributed by atoms with Gasteiger partial charge in [0.2, 0.25) is 0 Å². The lowest BCUT2D eigenvalue weighted by atomic mass is 9.88. The summed E-state index contributed by atoms with van der Waals surface area (Å²) in [6, 6.07) is 1.80. The van der Waals surface area contributed by atoms with E-state index in [1.807, 2.05) is 0 Å². The minimum Gasteiger partial charge on any atom is -0.393 e. The van der Waals surface area contributed by atoms with Crippen LogP contribution in [0.5, 0.6) is 0 Å². The summed E-state index contributed by atoms with van der Waals surface area (Å²) in [5.74, 6) is -2.39. The summed E-state index contributed by atoms with van der Waals surface area (Å²) in [6.07, 6.45) is -2.90. The van der Waals surface area contributed by atoms with Gasteiger partial charge >= 0.3 is 0 Å². The van der Waals surface area contributed by atoms with E-state index in [0.29, 0.717) is 23.6 Å². The van der Waals surface area contributed by atoms with Crippen LogP contribution in [0.25, 0.3) is 27.9 Å². The molecule has 1 saturated heterocycles. The minimum atomic E-state index is -3.44. The number of fused-ring (bicyclic) bond motifs is 2. The molecule has 1 aliphatic heterocycles. The predicted octanol–water partition coefficient (Wildman–Crippen LogP) is 4.13. The highest BCUT2D eigenvalue weighted by molar-refractivity contribution is 5.99. The van der Waals surface area contributed by atoms with E-state index in [1.165, 1.54) is 11.1 Å². The summed E-state index contributed by atoms with van der Waals surface area (Å²) >= 11 is 0. The van der Waals surface area contributed by atoms with Crippen LogP contribution in [-0.2, 0) is 0 Å². The van der Waals surface area contributed by atoms with Crippen molar-refractivity contribution in [2.45, 2.75) is 51.1 Å². The second kappa shape index (κ2) is 8.50. The van der Waals surface area contributed by atoms with E-state index in [9.17, 15) is 31.9 Å². The lowest BCUT2D eigenvalue weighted by Crippen LogP contribution is -2.54. The Balaban J connectivity index is 1.66. The van der Waals surface area contributed by atoms with Gasteiger partial charge in [-0.25, -0.2) is 31.6 Å². The third-order valence-electron chi connectivity index (χ3n) is 6.42. The van der Waals surface area contributed by atoms with E-state index in [0.717, 1.165) is 22.9 Å². The fraction of sp³-hybridized carbons (Fsp3) is 0.391. The quantitative estimate of drug-likeness (QED) is 0.419. The summed E-state index contributed by atoms with van der Waals surface area (Å²) < 4.78 is 70.9. The van der Waals surface area contributed by atoms with Crippen LogP contribution < -0.4 is 0 Å².